The monoisotopic (exact) mass is 578 g/mol. The largest absolute Gasteiger partial charge is 0.483 e. The average Bonchev–Trinajstić information content (AvgIpc) is 3.41. The smallest absolute Gasteiger partial charge is 0.290 e. The first-order chi connectivity index (χ1) is 20.2. The molecule has 0 bridgehead atoms. The molecule has 1 aliphatic carbocycles. The summed E-state index contributed by atoms with van der Waals surface area (Å²) in [5, 5.41) is 10.0. The van der Waals surface area contributed by atoms with E-state index in [9.17, 15) is 14.4 Å². The molecule has 2 atom stereocenters. The van der Waals surface area contributed by atoms with Gasteiger partial charge < -0.3 is 25.1 Å². The number of carboxylic acid groups (broad SMARTS) is 1. The molecule has 0 spiro atoms. The van der Waals surface area contributed by atoms with Crippen LogP contribution < -0.4 is 5.32 Å². The van der Waals surface area contributed by atoms with E-state index in [-0.39, 0.29) is 42.6 Å². The van der Waals surface area contributed by atoms with E-state index in [0.717, 1.165) is 44.2 Å². The highest BCUT2D eigenvalue weighted by Gasteiger charge is 2.47. The van der Waals surface area contributed by atoms with Crippen molar-refractivity contribution in [1.29, 1.82) is 0 Å². The SMILES string of the molecule is CCC(CC)[C@@H]1C(=O)N[C@H](C2Cc3ccccc3C2)C(=O)N1Cc1ccccc1C(=O)N(C)CCCN(C)C.O=CO. The normalized spacial score (nSPS) is 18.4. The van der Waals surface area contributed by atoms with E-state index < -0.39 is 12.1 Å². The number of hydrogen-bond donors (Lipinski definition) is 2. The molecule has 2 aromatic rings. The summed E-state index contributed by atoms with van der Waals surface area (Å²) in [5.74, 6) is -0.0872. The van der Waals surface area contributed by atoms with Gasteiger partial charge in [-0.05, 0) is 74.5 Å². The van der Waals surface area contributed by atoms with Gasteiger partial charge in [0, 0.05) is 25.7 Å². The Morgan fingerprint density at radius 3 is 2.14 bits per heavy atom. The molecule has 9 nitrogen and oxygen atoms in total. The Morgan fingerprint density at radius 2 is 1.57 bits per heavy atom. The van der Waals surface area contributed by atoms with Gasteiger partial charge in [-0.2, -0.15) is 0 Å². The summed E-state index contributed by atoms with van der Waals surface area (Å²) in [5.41, 5.74) is 3.89. The lowest BCUT2D eigenvalue weighted by atomic mass is 9.85. The van der Waals surface area contributed by atoms with E-state index in [1.807, 2.05) is 57.5 Å². The molecule has 2 N–H and O–H groups in total. The Kier molecular flexibility index (Phi) is 12.1. The highest BCUT2D eigenvalue weighted by Crippen LogP contribution is 2.33. The first-order valence-corrected chi connectivity index (χ1v) is 14.9. The van der Waals surface area contributed by atoms with Crippen LogP contribution in [0.3, 0.4) is 0 Å². The first-order valence-electron chi connectivity index (χ1n) is 14.9. The number of rotatable bonds is 11. The number of nitrogens with one attached hydrogen (secondary N) is 1. The Balaban J connectivity index is 0.00000155. The van der Waals surface area contributed by atoms with Crippen LogP contribution in [0.2, 0.25) is 0 Å². The molecule has 2 aromatic carbocycles. The summed E-state index contributed by atoms with van der Waals surface area (Å²) in [6.07, 6.45) is 4.04. The molecular weight excluding hydrogens is 532 g/mol. The third kappa shape index (κ3) is 7.76. The molecule has 3 amide bonds. The van der Waals surface area contributed by atoms with Crippen LogP contribution in [0, 0.1) is 11.8 Å². The van der Waals surface area contributed by atoms with Gasteiger partial charge in [-0.1, -0.05) is 69.2 Å². The van der Waals surface area contributed by atoms with Crippen molar-refractivity contribution >= 4 is 24.2 Å². The third-order valence-electron chi connectivity index (χ3n) is 8.53. The maximum atomic E-state index is 14.2. The van der Waals surface area contributed by atoms with Crippen molar-refractivity contribution in [3.63, 3.8) is 0 Å². The van der Waals surface area contributed by atoms with Crippen LogP contribution in [0.5, 0.6) is 0 Å². The molecule has 42 heavy (non-hydrogen) atoms. The predicted molar refractivity (Wildman–Crippen MR) is 163 cm³/mol. The van der Waals surface area contributed by atoms with Gasteiger partial charge in [-0.25, -0.2) is 0 Å². The lowest BCUT2D eigenvalue weighted by Crippen LogP contribution is -2.66. The van der Waals surface area contributed by atoms with Crippen molar-refractivity contribution in [2.75, 3.05) is 34.2 Å². The topological polar surface area (TPSA) is 110 Å². The van der Waals surface area contributed by atoms with E-state index in [1.54, 1.807) is 9.80 Å². The quantitative estimate of drug-likeness (QED) is 0.395. The molecular formula is C33H46N4O5. The van der Waals surface area contributed by atoms with Crippen molar-refractivity contribution in [3.05, 3.63) is 70.8 Å². The van der Waals surface area contributed by atoms with Crippen LogP contribution in [0.15, 0.2) is 48.5 Å². The number of benzene rings is 2. The second-order valence-electron chi connectivity index (χ2n) is 11.6. The Morgan fingerprint density at radius 1 is 1.00 bits per heavy atom. The van der Waals surface area contributed by atoms with Crippen molar-refractivity contribution < 1.29 is 24.3 Å². The van der Waals surface area contributed by atoms with Crippen LogP contribution >= 0.6 is 0 Å². The van der Waals surface area contributed by atoms with Gasteiger partial charge in [0.15, 0.2) is 0 Å². The van der Waals surface area contributed by atoms with E-state index in [2.05, 4.69) is 36.2 Å². The third-order valence-corrected chi connectivity index (χ3v) is 8.53. The zero-order valence-corrected chi connectivity index (χ0v) is 25.6. The lowest BCUT2D eigenvalue weighted by molar-refractivity contribution is -0.154. The van der Waals surface area contributed by atoms with Gasteiger partial charge in [0.2, 0.25) is 11.8 Å². The maximum Gasteiger partial charge on any atom is 0.290 e. The Bertz CT molecular complexity index is 1200. The van der Waals surface area contributed by atoms with E-state index >= 15 is 0 Å². The van der Waals surface area contributed by atoms with Crippen LogP contribution in [0.25, 0.3) is 0 Å². The fourth-order valence-corrected chi connectivity index (χ4v) is 6.27. The summed E-state index contributed by atoms with van der Waals surface area (Å²) in [7, 11) is 5.88. The summed E-state index contributed by atoms with van der Waals surface area (Å²) in [4.78, 5) is 55.3. The molecule has 4 rings (SSSR count). The van der Waals surface area contributed by atoms with Crippen LogP contribution in [-0.2, 0) is 33.8 Å². The minimum atomic E-state index is -0.563. The average molecular weight is 579 g/mol. The maximum absolute atomic E-state index is 14.2. The number of carbonyl (C=O) groups excluding carboxylic acids is 3. The fourth-order valence-electron chi connectivity index (χ4n) is 6.27. The number of carbonyl (C=O) groups is 4. The van der Waals surface area contributed by atoms with Crippen LogP contribution in [0.1, 0.15) is 60.2 Å². The number of nitrogens with zero attached hydrogens (tertiary/aromatic N) is 3. The highest BCUT2D eigenvalue weighted by molar-refractivity contribution is 5.98. The summed E-state index contributed by atoms with van der Waals surface area (Å²) in [6, 6.07) is 14.7. The standard InChI is InChI=1S/C32H44N4O3.CH2O2/c1-6-22(7-2)29-30(37)33-28(26-19-23-13-8-9-14-24(23)20-26)32(39)36(29)21-25-15-10-11-16-27(25)31(38)35(5)18-12-17-34(3)4;2-1-3/h8-11,13-16,22,26,28-29H,6-7,12,17-21H2,1-5H3,(H,33,37);1H,(H,2,3)/t28-,29-;/m1./s1. The molecule has 228 valence electrons. The van der Waals surface area contributed by atoms with Gasteiger partial charge in [-0.3, -0.25) is 19.2 Å². The molecule has 0 unspecified atom stereocenters. The molecule has 2 aliphatic rings. The van der Waals surface area contributed by atoms with Crippen molar-refractivity contribution in [3.8, 4) is 0 Å². The molecule has 1 saturated heterocycles. The van der Waals surface area contributed by atoms with Crippen LogP contribution in [-0.4, -0.2) is 90.3 Å². The van der Waals surface area contributed by atoms with Crippen molar-refractivity contribution in [1.82, 2.24) is 20.0 Å². The minimum Gasteiger partial charge on any atom is -0.483 e. The zero-order chi connectivity index (χ0) is 30.8. The second kappa shape index (κ2) is 15.5. The molecule has 0 aromatic heterocycles. The van der Waals surface area contributed by atoms with E-state index in [4.69, 9.17) is 9.90 Å². The van der Waals surface area contributed by atoms with Gasteiger partial charge >= 0.3 is 0 Å². The Labute approximate surface area is 249 Å². The Hall–Kier alpha value is -3.72. The highest BCUT2D eigenvalue weighted by atomic mass is 16.3. The van der Waals surface area contributed by atoms with Gasteiger partial charge in [0.05, 0.1) is 0 Å². The molecule has 1 heterocycles. The van der Waals surface area contributed by atoms with E-state index in [1.165, 1.54) is 11.1 Å². The first kappa shape index (κ1) is 32.8. The van der Waals surface area contributed by atoms with Crippen molar-refractivity contribution in [2.45, 2.75) is 64.6 Å². The molecule has 0 radical (unpaired) electrons. The number of piperazine rings is 1. The summed E-state index contributed by atoms with van der Waals surface area (Å²) in [6.45, 7) is 5.70. The van der Waals surface area contributed by atoms with E-state index in [0.29, 0.717) is 12.1 Å². The summed E-state index contributed by atoms with van der Waals surface area (Å²) < 4.78 is 0. The number of fused-ring (bicyclic) bond motifs is 1. The van der Waals surface area contributed by atoms with Crippen molar-refractivity contribution in [2.24, 2.45) is 11.8 Å². The number of hydrogen-bond acceptors (Lipinski definition) is 5. The molecule has 9 heteroatoms. The van der Waals surface area contributed by atoms with Crippen LogP contribution in [0.4, 0.5) is 0 Å². The molecule has 0 saturated carbocycles. The lowest BCUT2D eigenvalue weighted by Gasteiger charge is -2.44. The molecule has 1 fully saturated rings. The zero-order valence-electron chi connectivity index (χ0n) is 25.6. The minimum absolute atomic E-state index is 0.0312. The number of amides is 3. The molecule has 1 aliphatic heterocycles. The summed E-state index contributed by atoms with van der Waals surface area (Å²) >= 11 is 0. The second-order valence-corrected chi connectivity index (χ2v) is 11.6. The van der Waals surface area contributed by atoms with Gasteiger partial charge in [0.1, 0.15) is 12.1 Å². The fraction of sp³-hybridized carbons (Fsp3) is 0.515. The van der Waals surface area contributed by atoms with Gasteiger partial charge in [-0.15, -0.1) is 0 Å². The van der Waals surface area contributed by atoms with Gasteiger partial charge in [0.25, 0.3) is 12.4 Å². The predicted octanol–water partition coefficient (Wildman–Crippen LogP) is 3.46.